The number of nitrogens with zero attached hydrogens (tertiary/aromatic N) is 4. The van der Waals surface area contributed by atoms with E-state index in [4.69, 9.17) is 16.3 Å². The van der Waals surface area contributed by atoms with Crippen molar-refractivity contribution >= 4 is 45.3 Å². The summed E-state index contributed by atoms with van der Waals surface area (Å²) in [5.74, 6) is 0.354. The first-order chi connectivity index (χ1) is 14.1. The highest BCUT2D eigenvalue weighted by molar-refractivity contribution is 6.36. The summed E-state index contributed by atoms with van der Waals surface area (Å²) >= 11 is 6.35. The number of aromatic nitrogens is 5. The van der Waals surface area contributed by atoms with Gasteiger partial charge in [0.1, 0.15) is 11.8 Å². The van der Waals surface area contributed by atoms with E-state index in [0.29, 0.717) is 33.1 Å². The fraction of sp³-hybridized carbons (Fsp3) is 0.211. The van der Waals surface area contributed by atoms with E-state index in [2.05, 4.69) is 35.0 Å². The molecule has 0 aliphatic heterocycles. The molecule has 1 unspecified atom stereocenters. The summed E-state index contributed by atoms with van der Waals surface area (Å²) in [6.07, 6.45) is 3.00. The van der Waals surface area contributed by atoms with Gasteiger partial charge < -0.3 is 19.8 Å². The van der Waals surface area contributed by atoms with Crippen molar-refractivity contribution < 1.29 is 14.3 Å². The number of carbonyl (C=O) groups is 1. The second-order valence-corrected chi connectivity index (χ2v) is 6.65. The molecule has 3 aromatic heterocycles. The number of rotatable bonds is 6. The monoisotopic (exact) mass is 412 g/mol. The lowest BCUT2D eigenvalue weighted by Gasteiger charge is -2.17. The Balaban J connectivity index is 1.71. The Labute approximate surface area is 170 Å². The maximum atomic E-state index is 11.5. The number of hydrogen-bond acceptors (Lipinski definition) is 8. The smallest absolute Gasteiger partial charge is 0.343 e. The van der Waals surface area contributed by atoms with Crippen LogP contribution >= 0.6 is 11.6 Å². The quantitative estimate of drug-likeness (QED) is 0.463. The molecule has 29 heavy (non-hydrogen) atoms. The molecule has 0 spiro atoms. The van der Waals surface area contributed by atoms with Crippen LogP contribution in [0.4, 0.5) is 5.82 Å². The van der Waals surface area contributed by atoms with Gasteiger partial charge >= 0.3 is 5.97 Å². The van der Waals surface area contributed by atoms with Gasteiger partial charge in [0.2, 0.25) is 5.88 Å². The third-order valence-corrected chi connectivity index (χ3v) is 4.68. The number of methoxy groups -OCH3 is 1. The number of nitrogens with one attached hydrogen (secondary N) is 2. The summed E-state index contributed by atoms with van der Waals surface area (Å²) in [5, 5.41) is 5.26. The Hall–Kier alpha value is -3.46. The van der Waals surface area contributed by atoms with Gasteiger partial charge in [-0.1, -0.05) is 23.7 Å². The number of fused-ring (bicyclic) bond motifs is 2. The van der Waals surface area contributed by atoms with Crippen LogP contribution < -0.4 is 10.1 Å². The van der Waals surface area contributed by atoms with Gasteiger partial charge in [0, 0.05) is 0 Å². The molecule has 10 heteroatoms. The van der Waals surface area contributed by atoms with Crippen LogP contribution in [0.3, 0.4) is 0 Å². The van der Waals surface area contributed by atoms with E-state index in [1.807, 2.05) is 25.1 Å². The van der Waals surface area contributed by atoms with E-state index in [-0.39, 0.29) is 18.5 Å². The van der Waals surface area contributed by atoms with Gasteiger partial charge in [-0.05, 0) is 24.4 Å². The van der Waals surface area contributed by atoms with Crippen molar-refractivity contribution in [3.8, 4) is 5.88 Å². The lowest BCUT2D eigenvalue weighted by molar-refractivity contribution is -0.142. The number of pyridine rings is 1. The number of carbonyl (C=O) groups excluding carboxylic acids is 1. The van der Waals surface area contributed by atoms with Gasteiger partial charge in [0.15, 0.2) is 18.1 Å². The predicted octanol–water partition coefficient (Wildman–Crippen LogP) is 3.28. The number of hydrogen-bond donors (Lipinski definition) is 2. The minimum Gasteiger partial charge on any atom is -0.466 e. The molecule has 1 atom stereocenters. The predicted molar refractivity (Wildman–Crippen MR) is 108 cm³/mol. The highest BCUT2D eigenvalue weighted by atomic mass is 35.5. The maximum Gasteiger partial charge on any atom is 0.343 e. The number of ether oxygens (including phenoxy) is 2. The highest BCUT2D eigenvalue weighted by Crippen LogP contribution is 2.33. The second-order valence-electron chi connectivity index (χ2n) is 6.24. The normalized spacial score (nSPS) is 12.1. The number of anilines is 1. The average molecular weight is 413 g/mol. The molecular formula is C19H17ClN6O3. The molecule has 0 aliphatic rings. The minimum absolute atomic E-state index is 0.236. The summed E-state index contributed by atoms with van der Waals surface area (Å²) in [6, 6.07) is 7.17. The Morgan fingerprint density at radius 3 is 3.00 bits per heavy atom. The first kappa shape index (κ1) is 18.9. The Kier molecular flexibility index (Phi) is 5.13. The first-order valence-electron chi connectivity index (χ1n) is 8.76. The van der Waals surface area contributed by atoms with Gasteiger partial charge in [-0.3, -0.25) is 0 Å². The van der Waals surface area contributed by atoms with Crippen LogP contribution in [-0.4, -0.2) is 44.6 Å². The van der Waals surface area contributed by atoms with Gasteiger partial charge in [-0.25, -0.2) is 24.7 Å². The zero-order valence-corrected chi connectivity index (χ0v) is 16.4. The highest BCUT2D eigenvalue weighted by Gasteiger charge is 2.17. The molecule has 2 N–H and O–H groups in total. The van der Waals surface area contributed by atoms with Crippen molar-refractivity contribution in [3.63, 3.8) is 0 Å². The van der Waals surface area contributed by atoms with Crippen molar-refractivity contribution in [2.75, 3.05) is 19.0 Å². The van der Waals surface area contributed by atoms with Gasteiger partial charge in [0.05, 0.1) is 35.6 Å². The number of imidazole rings is 1. The molecule has 3 heterocycles. The van der Waals surface area contributed by atoms with Crippen LogP contribution in [0.25, 0.3) is 21.9 Å². The van der Waals surface area contributed by atoms with Crippen LogP contribution in [0, 0.1) is 0 Å². The van der Waals surface area contributed by atoms with E-state index < -0.39 is 5.97 Å². The molecule has 0 amide bonds. The fourth-order valence-electron chi connectivity index (χ4n) is 2.92. The lowest BCUT2D eigenvalue weighted by atomic mass is 10.1. The summed E-state index contributed by atoms with van der Waals surface area (Å²) in [7, 11) is 1.30. The van der Waals surface area contributed by atoms with Crippen molar-refractivity contribution in [2.24, 2.45) is 0 Å². The molecule has 4 aromatic rings. The molecule has 0 saturated carbocycles. The van der Waals surface area contributed by atoms with Crippen molar-refractivity contribution in [3.05, 3.63) is 47.6 Å². The van der Waals surface area contributed by atoms with Crippen LogP contribution in [0.1, 0.15) is 18.7 Å². The van der Waals surface area contributed by atoms with Gasteiger partial charge in [-0.2, -0.15) is 0 Å². The zero-order chi connectivity index (χ0) is 20.4. The Bertz CT molecular complexity index is 1200. The van der Waals surface area contributed by atoms with E-state index in [9.17, 15) is 4.79 Å². The molecule has 1 aromatic carbocycles. The third kappa shape index (κ3) is 3.77. The Morgan fingerprint density at radius 1 is 1.31 bits per heavy atom. The van der Waals surface area contributed by atoms with Gasteiger partial charge in [-0.15, -0.1) is 0 Å². The average Bonchev–Trinajstić information content (AvgIpc) is 3.21. The maximum absolute atomic E-state index is 11.5. The third-order valence-electron chi connectivity index (χ3n) is 4.37. The number of benzene rings is 1. The van der Waals surface area contributed by atoms with E-state index >= 15 is 0 Å². The SMILES string of the molecule is COC(=O)COc1nc(C(C)Nc2ncnc3nc[nH]c23)cc2cccc(Cl)c12. The fourth-order valence-corrected chi connectivity index (χ4v) is 3.18. The largest absolute Gasteiger partial charge is 0.466 e. The van der Waals surface area contributed by atoms with Crippen LogP contribution in [0.15, 0.2) is 36.9 Å². The van der Waals surface area contributed by atoms with E-state index in [1.165, 1.54) is 13.4 Å². The zero-order valence-electron chi connectivity index (χ0n) is 15.6. The number of H-pyrrole nitrogens is 1. The molecule has 0 saturated heterocycles. The Morgan fingerprint density at radius 2 is 2.17 bits per heavy atom. The number of aromatic amines is 1. The van der Waals surface area contributed by atoms with Gasteiger partial charge in [0.25, 0.3) is 0 Å². The number of esters is 1. The van der Waals surface area contributed by atoms with Crippen LogP contribution in [0.5, 0.6) is 5.88 Å². The summed E-state index contributed by atoms with van der Waals surface area (Å²) in [5.41, 5.74) is 1.95. The molecule has 148 valence electrons. The second kappa shape index (κ2) is 7.88. The first-order valence-corrected chi connectivity index (χ1v) is 9.14. The molecule has 9 nitrogen and oxygen atoms in total. The standard InChI is InChI=1S/C19H17ClN6O3/c1-10(25-18-16-17(22-8-21-16)23-9-24-18)13-6-11-4-3-5-12(20)15(11)19(26-13)29-7-14(27)28-2/h3-6,8-10H,7H2,1-2H3,(H2,21,22,23,24,25). The molecule has 0 aliphatic carbocycles. The molecular weight excluding hydrogens is 396 g/mol. The van der Waals surface area contributed by atoms with Crippen molar-refractivity contribution in [1.29, 1.82) is 0 Å². The lowest BCUT2D eigenvalue weighted by Crippen LogP contribution is -2.15. The summed E-state index contributed by atoms with van der Waals surface area (Å²) < 4.78 is 10.3. The molecule has 0 bridgehead atoms. The van der Waals surface area contributed by atoms with E-state index in [1.54, 1.807) is 12.4 Å². The summed E-state index contributed by atoms with van der Waals surface area (Å²) in [6.45, 7) is 1.67. The summed E-state index contributed by atoms with van der Waals surface area (Å²) in [4.78, 5) is 31.6. The van der Waals surface area contributed by atoms with Crippen molar-refractivity contribution in [1.82, 2.24) is 24.9 Å². The van der Waals surface area contributed by atoms with E-state index in [0.717, 1.165) is 5.39 Å². The minimum atomic E-state index is -0.508. The molecule has 4 rings (SSSR count). The topological polar surface area (TPSA) is 115 Å². The van der Waals surface area contributed by atoms with Crippen molar-refractivity contribution in [2.45, 2.75) is 13.0 Å². The molecule has 0 fully saturated rings. The number of halogens is 1. The van der Waals surface area contributed by atoms with Crippen LogP contribution in [0.2, 0.25) is 5.02 Å². The molecule has 0 radical (unpaired) electrons. The van der Waals surface area contributed by atoms with Crippen LogP contribution in [-0.2, 0) is 9.53 Å².